The van der Waals surface area contributed by atoms with E-state index < -0.39 is 35.3 Å². The summed E-state index contributed by atoms with van der Waals surface area (Å²) in [5, 5.41) is 9.12. The van der Waals surface area contributed by atoms with E-state index in [1.165, 1.54) is 65.2 Å². The van der Waals surface area contributed by atoms with Gasteiger partial charge in [-0.1, -0.05) is 55.8 Å². The Labute approximate surface area is 237 Å². The normalized spacial score (nSPS) is 15.1. The number of nitrogens with zero attached hydrogens (tertiary/aromatic N) is 2. The van der Waals surface area contributed by atoms with Gasteiger partial charge in [-0.15, -0.1) is 0 Å². The van der Waals surface area contributed by atoms with Crippen LogP contribution in [0.2, 0.25) is 5.02 Å². The minimum absolute atomic E-state index is 0.0276. The van der Waals surface area contributed by atoms with Crippen LogP contribution in [-0.2, 0) is 14.3 Å². The number of amides is 4. The second-order valence-electron chi connectivity index (χ2n) is 10.2. The highest BCUT2D eigenvalue weighted by molar-refractivity contribution is 6.34. The van der Waals surface area contributed by atoms with Gasteiger partial charge in [-0.2, -0.15) is 0 Å². The second kappa shape index (κ2) is 13.1. The maximum atomic E-state index is 13.5. The van der Waals surface area contributed by atoms with E-state index in [1.807, 2.05) is 0 Å². The first kappa shape index (κ1) is 30.8. The molecule has 1 aliphatic rings. The second-order valence-corrected chi connectivity index (χ2v) is 10.6. The van der Waals surface area contributed by atoms with Crippen molar-refractivity contribution in [2.24, 2.45) is 0 Å². The van der Waals surface area contributed by atoms with Gasteiger partial charge in [0.05, 0.1) is 22.0 Å². The molecular weight excluding hydrogens is 540 g/mol. The van der Waals surface area contributed by atoms with Crippen LogP contribution in [-0.4, -0.2) is 57.8 Å². The number of anilines is 1. The molecule has 2 N–H and O–H groups in total. The number of halogens is 1. The first-order valence-electron chi connectivity index (χ1n) is 13.3. The molecule has 0 radical (unpaired) electrons. The summed E-state index contributed by atoms with van der Waals surface area (Å²) in [6.45, 7) is 8.38. The van der Waals surface area contributed by atoms with Crippen molar-refractivity contribution in [1.82, 2.24) is 15.4 Å². The van der Waals surface area contributed by atoms with Crippen LogP contribution in [0.15, 0.2) is 22.7 Å². The minimum atomic E-state index is -1.92. The summed E-state index contributed by atoms with van der Waals surface area (Å²) in [6.07, 6.45) is 5.45. The van der Waals surface area contributed by atoms with Crippen LogP contribution < -0.4 is 10.6 Å². The zero-order valence-electron chi connectivity index (χ0n) is 23.4. The fourth-order valence-corrected chi connectivity index (χ4v) is 4.63. The summed E-state index contributed by atoms with van der Waals surface area (Å²) in [6, 6.07) is 2.35. The first-order valence-corrected chi connectivity index (χ1v) is 13.7. The number of carbonyl (C=O) groups is 5. The standard InChI is InChI=1S/C28H35ClN4O7/c1-6-7-8-9-10-11-14-30-24(35)18-12-13-20(19(29)15-18)31-25(36)22(23(34)21-16(2)32-40-17(21)3)33-26(37)28(4,5)39-27(33)38/h12-13,15,22H,6-11,14H2,1-5H3,(H,30,35)(H,31,36). The van der Waals surface area contributed by atoms with Crippen LogP contribution in [0.25, 0.3) is 0 Å². The van der Waals surface area contributed by atoms with Gasteiger partial charge >= 0.3 is 6.09 Å². The molecule has 2 heterocycles. The molecule has 12 heteroatoms. The maximum Gasteiger partial charge on any atom is 0.418 e. The minimum Gasteiger partial charge on any atom is -0.433 e. The van der Waals surface area contributed by atoms with Crippen molar-refractivity contribution in [3.8, 4) is 0 Å². The Morgan fingerprint density at radius 3 is 2.33 bits per heavy atom. The van der Waals surface area contributed by atoms with E-state index in [-0.39, 0.29) is 39.2 Å². The van der Waals surface area contributed by atoms with Crippen LogP contribution in [0.1, 0.15) is 91.5 Å². The molecule has 1 aromatic carbocycles. The van der Waals surface area contributed by atoms with E-state index in [2.05, 4.69) is 22.7 Å². The molecule has 1 aliphatic heterocycles. The third kappa shape index (κ3) is 6.88. The lowest BCUT2D eigenvalue weighted by molar-refractivity contribution is -0.137. The molecule has 3 rings (SSSR count). The molecule has 1 aromatic heterocycles. The van der Waals surface area contributed by atoms with E-state index in [0.717, 1.165) is 19.3 Å². The number of benzene rings is 1. The smallest absolute Gasteiger partial charge is 0.418 e. The van der Waals surface area contributed by atoms with Gasteiger partial charge in [0.15, 0.2) is 11.6 Å². The quantitative estimate of drug-likeness (QED) is 0.193. The van der Waals surface area contributed by atoms with Gasteiger partial charge in [0.1, 0.15) is 5.76 Å². The summed E-state index contributed by atoms with van der Waals surface area (Å²) in [4.78, 5) is 65.7. The molecule has 4 amide bonds. The van der Waals surface area contributed by atoms with Crippen LogP contribution >= 0.6 is 11.6 Å². The van der Waals surface area contributed by atoms with Crippen LogP contribution in [0.4, 0.5) is 10.5 Å². The van der Waals surface area contributed by atoms with Crippen molar-refractivity contribution in [3.05, 3.63) is 45.8 Å². The Kier molecular flexibility index (Phi) is 10.1. The summed E-state index contributed by atoms with van der Waals surface area (Å²) >= 11 is 6.37. The van der Waals surface area contributed by atoms with E-state index in [9.17, 15) is 24.0 Å². The predicted molar refractivity (Wildman–Crippen MR) is 147 cm³/mol. The molecule has 0 bridgehead atoms. The number of hydrogen-bond acceptors (Lipinski definition) is 8. The van der Waals surface area contributed by atoms with Crippen molar-refractivity contribution in [2.45, 2.75) is 84.8 Å². The first-order chi connectivity index (χ1) is 18.9. The molecule has 0 aliphatic carbocycles. The summed E-state index contributed by atoms with van der Waals surface area (Å²) in [7, 11) is 0. The molecule has 0 spiro atoms. The number of unbranched alkanes of at least 4 members (excludes halogenated alkanes) is 5. The monoisotopic (exact) mass is 574 g/mol. The van der Waals surface area contributed by atoms with Gasteiger partial charge in [-0.3, -0.25) is 19.2 Å². The zero-order chi connectivity index (χ0) is 29.6. The van der Waals surface area contributed by atoms with Crippen molar-refractivity contribution < 1.29 is 33.2 Å². The third-order valence-electron chi connectivity index (χ3n) is 6.61. The molecule has 216 valence electrons. The Balaban J connectivity index is 1.77. The fraction of sp³-hybridized carbons (Fsp3) is 0.500. The van der Waals surface area contributed by atoms with Gasteiger partial charge in [-0.25, -0.2) is 9.69 Å². The number of Topliss-reactive ketones (excluding diaryl/α,β-unsaturated/α-hetero) is 1. The molecule has 1 unspecified atom stereocenters. The van der Waals surface area contributed by atoms with Gasteiger partial charge in [-0.05, 0) is 52.3 Å². The number of aryl methyl sites for hydroxylation is 2. The van der Waals surface area contributed by atoms with Crippen LogP contribution in [0, 0.1) is 13.8 Å². The van der Waals surface area contributed by atoms with E-state index in [4.69, 9.17) is 20.9 Å². The topological polar surface area (TPSA) is 148 Å². The van der Waals surface area contributed by atoms with E-state index >= 15 is 0 Å². The molecule has 11 nitrogen and oxygen atoms in total. The number of ether oxygens (including phenoxy) is 1. The summed E-state index contributed by atoms with van der Waals surface area (Å²) in [5.74, 6) is -2.93. The fourth-order valence-electron chi connectivity index (χ4n) is 4.40. The molecule has 2 aromatic rings. The SMILES string of the molecule is CCCCCCCCNC(=O)c1ccc(NC(=O)C(C(=O)c2c(C)noc2C)N2C(=O)OC(C)(C)C2=O)c(Cl)c1. The Bertz CT molecular complexity index is 1280. The largest absolute Gasteiger partial charge is 0.433 e. The summed E-state index contributed by atoms with van der Waals surface area (Å²) < 4.78 is 10.2. The third-order valence-corrected chi connectivity index (χ3v) is 6.93. The number of nitrogens with one attached hydrogen (secondary N) is 2. The predicted octanol–water partition coefficient (Wildman–Crippen LogP) is 4.98. The molecule has 40 heavy (non-hydrogen) atoms. The van der Waals surface area contributed by atoms with E-state index in [0.29, 0.717) is 11.4 Å². The molecular formula is C28H35ClN4O7. The van der Waals surface area contributed by atoms with Crippen molar-refractivity contribution >= 4 is 46.9 Å². The highest BCUT2D eigenvalue weighted by atomic mass is 35.5. The highest BCUT2D eigenvalue weighted by Gasteiger charge is 2.54. The van der Waals surface area contributed by atoms with Crippen LogP contribution in [0.3, 0.4) is 0 Å². The van der Waals surface area contributed by atoms with Gasteiger partial charge in [0.25, 0.3) is 17.7 Å². The van der Waals surface area contributed by atoms with Gasteiger partial charge < -0.3 is 19.9 Å². The molecule has 0 saturated carbocycles. The van der Waals surface area contributed by atoms with Gasteiger partial charge in [0.2, 0.25) is 5.78 Å². The van der Waals surface area contributed by atoms with Crippen molar-refractivity contribution in [3.63, 3.8) is 0 Å². The number of ketones is 1. The number of aromatic nitrogens is 1. The summed E-state index contributed by atoms with van der Waals surface area (Å²) in [5.41, 5.74) is -1.05. The average molecular weight is 575 g/mol. The zero-order valence-corrected chi connectivity index (χ0v) is 24.1. The van der Waals surface area contributed by atoms with Crippen LogP contribution in [0.5, 0.6) is 0 Å². The van der Waals surface area contributed by atoms with Gasteiger partial charge in [0, 0.05) is 12.1 Å². The molecule has 1 fully saturated rings. The lowest BCUT2D eigenvalue weighted by Crippen LogP contribution is -2.53. The number of imide groups is 1. The number of cyclic esters (lactones) is 1. The van der Waals surface area contributed by atoms with Crippen molar-refractivity contribution in [1.29, 1.82) is 0 Å². The molecule has 1 atom stereocenters. The lowest BCUT2D eigenvalue weighted by atomic mass is 9.99. The lowest BCUT2D eigenvalue weighted by Gasteiger charge is -2.23. The van der Waals surface area contributed by atoms with Crippen molar-refractivity contribution in [2.75, 3.05) is 11.9 Å². The number of carbonyl (C=O) groups excluding carboxylic acids is 5. The Hall–Kier alpha value is -3.73. The Morgan fingerprint density at radius 2 is 1.75 bits per heavy atom. The average Bonchev–Trinajstić information content (AvgIpc) is 3.33. The maximum absolute atomic E-state index is 13.5. The number of rotatable bonds is 13. The highest BCUT2D eigenvalue weighted by Crippen LogP contribution is 2.30. The Morgan fingerprint density at radius 1 is 1.07 bits per heavy atom. The molecule has 1 saturated heterocycles. The van der Waals surface area contributed by atoms with E-state index in [1.54, 1.807) is 0 Å². The number of hydrogen-bond donors (Lipinski definition) is 2.